The van der Waals surface area contributed by atoms with Gasteiger partial charge in [0.1, 0.15) is 5.69 Å². The van der Waals surface area contributed by atoms with Crippen molar-refractivity contribution in [2.75, 3.05) is 6.61 Å². The number of nitrogens with zero attached hydrogens (tertiary/aromatic N) is 3. The topological polar surface area (TPSA) is 72.4 Å². The molecule has 0 saturated heterocycles. The summed E-state index contributed by atoms with van der Waals surface area (Å²) >= 11 is 0. The van der Waals surface area contributed by atoms with Gasteiger partial charge >= 0.3 is 0 Å². The molecule has 2 aromatic rings. The Morgan fingerprint density at radius 3 is 2.73 bits per heavy atom. The van der Waals surface area contributed by atoms with E-state index in [1.165, 1.54) is 12.4 Å². The number of pyridine rings is 2. The van der Waals surface area contributed by atoms with Crippen molar-refractivity contribution in [3.63, 3.8) is 0 Å². The largest absolute Gasteiger partial charge is 0.471 e. The summed E-state index contributed by atoms with van der Waals surface area (Å²) in [6, 6.07) is 3.12. The molecule has 0 N–H and O–H groups in total. The van der Waals surface area contributed by atoms with Gasteiger partial charge in [-0.05, 0) is 44.4 Å². The molecule has 1 saturated carbocycles. The summed E-state index contributed by atoms with van der Waals surface area (Å²) < 4.78 is 31.2. The van der Waals surface area contributed by atoms with Crippen molar-refractivity contribution in [3.8, 4) is 5.88 Å². The van der Waals surface area contributed by atoms with E-state index in [-0.39, 0.29) is 29.5 Å². The third kappa shape index (κ3) is 3.91. The monoisotopic (exact) mass is 415 g/mol. The standard InChI is InChI=1S/C22H23F2N3O3/c1-12-8-15(9-26-20(12)30-11-22(3,23)24)13(2)27-10-17-16(21(27)29)6-7-25-18(17)19(28)14-4-5-14/h6-9,13-14H,4-5,10-11H2,1-3H3. The van der Waals surface area contributed by atoms with Crippen molar-refractivity contribution < 1.29 is 23.1 Å². The van der Waals surface area contributed by atoms with Crippen molar-refractivity contribution in [1.29, 1.82) is 0 Å². The van der Waals surface area contributed by atoms with Crippen LogP contribution in [0.4, 0.5) is 8.78 Å². The zero-order valence-electron chi connectivity index (χ0n) is 17.1. The summed E-state index contributed by atoms with van der Waals surface area (Å²) in [5.41, 5.74) is 2.96. The number of ketones is 1. The molecule has 1 fully saturated rings. The fraction of sp³-hybridized carbons (Fsp3) is 0.455. The molecule has 158 valence electrons. The number of halogens is 2. The van der Waals surface area contributed by atoms with Gasteiger partial charge in [0.15, 0.2) is 12.4 Å². The van der Waals surface area contributed by atoms with E-state index < -0.39 is 12.5 Å². The molecule has 2 aliphatic rings. The van der Waals surface area contributed by atoms with E-state index >= 15 is 0 Å². The van der Waals surface area contributed by atoms with E-state index in [1.807, 2.05) is 6.92 Å². The van der Waals surface area contributed by atoms with Crippen LogP contribution < -0.4 is 4.74 Å². The Kier molecular flexibility index (Phi) is 5.03. The highest BCUT2D eigenvalue weighted by Crippen LogP contribution is 2.37. The predicted octanol–water partition coefficient (Wildman–Crippen LogP) is 4.13. The average Bonchev–Trinajstić information content (AvgIpc) is 3.49. The fourth-order valence-electron chi connectivity index (χ4n) is 3.65. The number of aromatic nitrogens is 2. The van der Waals surface area contributed by atoms with Crippen molar-refractivity contribution >= 4 is 11.7 Å². The summed E-state index contributed by atoms with van der Waals surface area (Å²) in [6.07, 6.45) is 4.80. The van der Waals surface area contributed by atoms with Gasteiger partial charge in [0.25, 0.3) is 11.8 Å². The lowest BCUT2D eigenvalue weighted by Gasteiger charge is -2.25. The minimum Gasteiger partial charge on any atom is -0.471 e. The van der Waals surface area contributed by atoms with Gasteiger partial charge in [0.05, 0.1) is 6.04 Å². The maximum absolute atomic E-state index is 13.0. The van der Waals surface area contributed by atoms with Gasteiger partial charge in [-0.25, -0.2) is 13.8 Å². The second-order valence-corrected chi connectivity index (χ2v) is 8.18. The summed E-state index contributed by atoms with van der Waals surface area (Å²) in [5.74, 6) is -2.92. The first-order valence-corrected chi connectivity index (χ1v) is 9.96. The molecule has 0 bridgehead atoms. The summed E-state index contributed by atoms with van der Waals surface area (Å²) in [5, 5.41) is 0. The number of aryl methyl sites for hydroxylation is 1. The number of hydrogen-bond acceptors (Lipinski definition) is 5. The number of carbonyl (C=O) groups excluding carboxylic acids is 2. The van der Waals surface area contributed by atoms with Crippen molar-refractivity contribution in [1.82, 2.24) is 14.9 Å². The molecule has 3 heterocycles. The minimum absolute atomic E-state index is 0.0147. The van der Waals surface area contributed by atoms with Crippen LogP contribution in [0.5, 0.6) is 5.88 Å². The highest BCUT2D eigenvalue weighted by atomic mass is 19.3. The van der Waals surface area contributed by atoms with Gasteiger partial charge < -0.3 is 9.64 Å². The average molecular weight is 415 g/mol. The third-order valence-electron chi connectivity index (χ3n) is 5.52. The molecule has 1 atom stereocenters. The zero-order chi connectivity index (χ0) is 21.6. The number of hydrogen-bond donors (Lipinski definition) is 0. The number of carbonyl (C=O) groups is 2. The molecule has 0 spiro atoms. The van der Waals surface area contributed by atoms with E-state index in [9.17, 15) is 18.4 Å². The van der Waals surface area contributed by atoms with Crippen LogP contribution in [0, 0.1) is 12.8 Å². The maximum atomic E-state index is 13.0. The van der Waals surface area contributed by atoms with Crippen LogP contribution in [0.25, 0.3) is 0 Å². The van der Waals surface area contributed by atoms with E-state index in [2.05, 4.69) is 9.97 Å². The number of alkyl halides is 2. The van der Waals surface area contributed by atoms with Gasteiger partial charge in [-0.15, -0.1) is 0 Å². The van der Waals surface area contributed by atoms with Gasteiger partial charge in [0, 0.05) is 48.5 Å². The normalized spacial score (nSPS) is 17.1. The molecule has 1 unspecified atom stereocenters. The van der Waals surface area contributed by atoms with Crippen LogP contribution in [-0.2, 0) is 6.54 Å². The molecule has 8 heteroatoms. The lowest BCUT2D eigenvalue weighted by molar-refractivity contribution is -0.0244. The number of rotatable bonds is 7. The van der Waals surface area contributed by atoms with E-state index in [4.69, 9.17) is 4.74 Å². The third-order valence-corrected chi connectivity index (χ3v) is 5.52. The fourth-order valence-corrected chi connectivity index (χ4v) is 3.65. The van der Waals surface area contributed by atoms with Crippen molar-refractivity contribution in [2.45, 2.75) is 52.1 Å². The summed E-state index contributed by atoms with van der Waals surface area (Å²) in [6.45, 7) is 3.93. The van der Waals surface area contributed by atoms with E-state index in [0.717, 1.165) is 25.3 Å². The lowest BCUT2D eigenvalue weighted by atomic mass is 10.0. The number of ether oxygens (including phenoxy) is 1. The predicted molar refractivity (Wildman–Crippen MR) is 105 cm³/mol. The number of amides is 1. The Balaban J connectivity index is 1.54. The van der Waals surface area contributed by atoms with Crippen LogP contribution in [0.3, 0.4) is 0 Å². The first-order valence-electron chi connectivity index (χ1n) is 9.96. The van der Waals surface area contributed by atoms with Crippen LogP contribution in [-0.4, -0.2) is 39.1 Å². The summed E-state index contributed by atoms with van der Waals surface area (Å²) in [7, 11) is 0. The van der Waals surface area contributed by atoms with Gasteiger partial charge in [-0.1, -0.05) is 0 Å². The van der Waals surface area contributed by atoms with Crippen LogP contribution >= 0.6 is 0 Å². The molecular formula is C22H23F2N3O3. The second kappa shape index (κ2) is 7.41. The molecule has 4 rings (SSSR count). The van der Waals surface area contributed by atoms with Crippen molar-refractivity contribution in [2.24, 2.45) is 5.92 Å². The van der Waals surface area contributed by atoms with Gasteiger partial charge in [0.2, 0.25) is 5.88 Å². The Bertz CT molecular complexity index is 1020. The molecule has 1 amide bonds. The molecule has 0 radical (unpaired) electrons. The first kappa shape index (κ1) is 20.4. The van der Waals surface area contributed by atoms with E-state index in [1.54, 1.807) is 24.0 Å². The maximum Gasteiger partial charge on any atom is 0.278 e. The van der Waals surface area contributed by atoms with Crippen LogP contribution in [0.15, 0.2) is 24.5 Å². The second-order valence-electron chi connectivity index (χ2n) is 8.18. The molecule has 30 heavy (non-hydrogen) atoms. The SMILES string of the molecule is Cc1cc(C(C)N2Cc3c(ccnc3C(=O)C3CC3)C2=O)cnc1OCC(C)(F)F. The molecule has 1 aliphatic carbocycles. The van der Waals surface area contributed by atoms with Crippen LogP contribution in [0.2, 0.25) is 0 Å². The molecular weight excluding hydrogens is 392 g/mol. The number of Topliss-reactive ketones (excluding diaryl/α,β-unsaturated/α-hetero) is 1. The van der Waals surface area contributed by atoms with Gasteiger partial charge in [-0.3, -0.25) is 14.6 Å². The lowest BCUT2D eigenvalue weighted by Crippen LogP contribution is -2.27. The zero-order valence-corrected chi connectivity index (χ0v) is 17.1. The Hall–Kier alpha value is -2.90. The Morgan fingerprint density at radius 1 is 1.37 bits per heavy atom. The number of fused-ring (bicyclic) bond motifs is 1. The summed E-state index contributed by atoms with van der Waals surface area (Å²) in [4.78, 5) is 35.7. The van der Waals surface area contributed by atoms with Gasteiger partial charge in [-0.2, -0.15) is 0 Å². The Labute approximate surface area is 173 Å². The first-order chi connectivity index (χ1) is 14.2. The highest BCUT2D eigenvalue weighted by Gasteiger charge is 2.38. The highest BCUT2D eigenvalue weighted by molar-refractivity contribution is 6.05. The minimum atomic E-state index is -2.95. The molecule has 0 aromatic carbocycles. The Morgan fingerprint density at radius 2 is 2.10 bits per heavy atom. The molecule has 2 aromatic heterocycles. The van der Waals surface area contributed by atoms with Crippen molar-refractivity contribution in [3.05, 3.63) is 52.5 Å². The van der Waals surface area contributed by atoms with E-state index in [0.29, 0.717) is 28.9 Å². The quantitative estimate of drug-likeness (QED) is 0.636. The molecule has 1 aliphatic heterocycles. The smallest absolute Gasteiger partial charge is 0.278 e. The molecule has 6 nitrogen and oxygen atoms in total. The van der Waals surface area contributed by atoms with Crippen LogP contribution in [0.1, 0.15) is 70.3 Å².